The summed E-state index contributed by atoms with van der Waals surface area (Å²) in [5.41, 5.74) is -0.307. The Morgan fingerprint density at radius 1 is 1.31 bits per heavy atom. The highest BCUT2D eigenvalue weighted by Crippen LogP contribution is 2.50. The zero-order valence-corrected chi connectivity index (χ0v) is 6.94. The zero-order valence-electron chi connectivity index (χ0n) is 6.94. The lowest BCUT2D eigenvalue weighted by molar-refractivity contribution is -0.104. The highest BCUT2D eigenvalue weighted by atomic mass is 19.3. The summed E-state index contributed by atoms with van der Waals surface area (Å²) in [5.74, 6) is -4.04. The Morgan fingerprint density at radius 3 is 2.38 bits per heavy atom. The van der Waals surface area contributed by atoms with Crippen molar-refractivity contribution in [3.05, 3.63) is 11.6 Å². The van der Waals surface area contributed by atoms with E-state index >= 15 is 0 Å². The fraction of sp³-hybridized carbons (Fsp3) is 0.778. The van der Waals surface area contributed by atoms with Crippen molar-refractivity contribution in [3.8, 4) is 0 Å². The van der Waals surface area contributed by atoms with Gasteiger partial charge in [0.05, 0.1) is 0 Å². The molecular formula is C9H10F4. The van der Waals surface area contributed by atoms with Gasteiger partial charge in [-0.15, -0.1) is 0 Å². The van der Waals surface area contributed by atoms with E-state index in [1.807, 2.05) is 0 Å². The second kappa shape index (κ2) is 2.72. The molecule has 0 aliphatic heterocycles. The van der Waals surface area contributed by atoms with Crippen molar-refractivity contribution in [2.24, 2.45) is 11.8 Å². The molecule has 4 heteroatoms. The second-order valence-corrected chi connectivity index (χ2v) is 3.82. The van der Waals surface area contributed by atoms with Crippen LogP contribution in [0.25, 0.3) is 0 Å². The highest BCUT2D eigenvalue weighted by molar-refractivity contribution is 5.26. The number of fused-ring (bicyclic) bond motifs is 2. The zero-order chi connectivity index (χ0) is 9.64. The van der Waals surface area contributed by atoms with Gasteiger partial charge in [-0.1, -0.05) is 6.08 Å². The molecule has 0 aromatic carbocycles. The standard InChI is InChI=1S/C9H10F4/c10-8(11)9(12,13)7-4-5-1-2-6(7)3-5/h4-6,8H,1-3H2. The van der Waals surface area contributed by atoms with Crippen LogP contribution in [0.5, 0.6) is 0 Å². The molecule has 0 saturated heterocycles. The molecule has 0 radical (unpaired) electrons. The van der Waals surface area contributed by atoms with Gasteiger partial charge in [-0.2, -0.15) is 8.78 Å². The molecule has 2 aliphatic carbocycles. The van der Waals surface area contributed by atoms with Gasteiger partial charge in [-0.25, -0.2) is 8.78 Å². The average Bonchev–Trinajstić information content (AvgIpc) is 2.63. The molecule has 2 rings (SSSR count). The van der Waals surface area contributed by atoms with E-state index in [0.29, 0.717) is 12.8 Å². The van der Waals surface area contributed by atoms with E-state index in [1.54, 1.807) is 0 Å². The minimum atomic E-state index is -3.89. The fourth-order valence-electron chi connectivity index (χ4n) is 2.35. The van der Waals surface area contributed by atoms with Gasteiger partial charge in [0.2, 0.25) is 0 Å². The van der Waals surface area contributed by atoms with E-state index in [1.165, 1.54) is 6.08 Å². The molecule has 0 N–H and O–H groups in total. The van der Waals surface area contributed by atoms with E-state index in [0.717, 1.165) is 6.42 Å². The van der Waals surface area contributed by atoms with E-state index in [-0.39, 0.29) is 17.4 Å². The molecule has 0 amide bonds. The lowest BCUT2D eigenvalue weighted by atomic mass is 9.93. The monoisotopic (exact) mass is 194 g/mol. The van der Waals surface area contributed by atoms with Crippen molar-refractivity contribution >= 4 is 0 Å². The molecular weight excluding hydrogens is 184 g/mol. The molecule has 0 aromatic heterocycles. The maximum absolute atomic E-state index is 12.9. The van der Waals surface area contributed by atoms with Crippen LogP contribution in [0.4, 0.5) is 17.6 Å². The maximum Gasteiger partial charge on any atom is 0.328 e. The van der Waals surface area contributed by atoms with E-state index in [4.69, 9.17) is 0 Å². The van der Waals surface area contributed by atoms with Crippen LogP contribution in [-0.4, -0.2) is 12.3 Å². The van der Waals surface area contributed by atoms with Crippen LogP contribution in [0.1, 0.15) is 19.3 Å². The van der Waals surface area contributed by atoms with Crippen LogP contribution in [-0.2, 0) is 0 Å². The van der Waals surface area contributed by atoms with Crippen LogP contribution in [0.3, 0.4) is 0 Å². The van der Waals surface area contributed by atoms with E-state index in [9.17, 15) is 17.6 Å². The van der Waals surface area contributed by atoms with Crippen LogP contribution >= 0.6 is 0 Å². The molecule has 74 valence electrons. The van der Waals surface area contributed by atoms with Crippen LogP contribution in [0, 0.1) is 11.8 Å². The lowest BCUT2D eigenvalue weighted by Crippen LogP contribution is -2.31. The molecule has 13 heavy (non-hydrogen) atoms. The fourth-order valence-corrected chi connectivity index (χ4v) is 2.35. The first-order valence-electron chi connectivity index (χ1n) is 4.40. The molecule has 1 saturated carbocycles. The van der Waals surface area contributed by atoms with Gasteiger partial charge in [0.15, 0.2) is 0 Å². The Bertz CT molecular complexity index is 244. The minimum absolute atomic E-state index is 0.129. The quantitative estimate of drug-likeness (QED) is 0.467. The Morgan fingerprint density at radius 2 is 2.00 bits per heavy atom. The molecule has 1 fully saturated rings. The first-order valence-corrected chi connectivity index (χ1v) is 4.40. The van der Waals surface area contributed by atoms with Crippen molar-refractivity contribution in [1.82, 2.24) is 0 Å². The smallest absolute Gasteiger partial charge is 0.203 e. The average molecular weight is 194 g/mol. The van der Waals surface area contributed by atoms with Crippen molar-refractivity contribution in [2.45, 2.75) is 31.6 Å². The molecule has 2 unspecified atom stereocenters. The molecule has 0 spiro atoms. The van der Waals surface area contributed by atoms with Crippen molar-refractivity contribution in [1.29, 1.82) is 0 Å². The van der Waals surface area contributed by atoms with Gasteiger partial charge < -0.3 is 0 Å². The third-order valence-electron chi connectivity index (χ3n) is 2.99. The Balaban J connectivity index is 2.22. The number of hydrogen-bond donors (Lipinski definition) is 0. The van der Waals surface area contributed by atoms with Crippen LogP contribution in [0.15, 0.2) is 11.6 Å². The molecule has 0 heterocycles. The number of halogens is 4. The van der Waals surface area contributed by atoms with Gasteiger partial charge in [0.1, 0.15) is 0 Å². The Hall–Kier alpha value is -0.540. The van der Waals surface area contributed by atoms with Gasteiger partial charge in [0.25, 0.3) is 0 Å². The van der Waals surface area contributed by atoms with Crippen molar-refractivity contribution in [2.75, 3.05) is 0 Å². The number of hydrogen-bond acceptors (Lipinski definition) is 0. The molecule has 2 aliphatic rings. The highest BCUT2D eigenvalue weighted by Gasteiger charge is 2.51. The topological polar surface area (TPSA) is 0 Å². The molecule has 2 atom stereocenters. The van der Waals surface area contributed by atoms with Crippen molar-refractivity contribution in [3.63, 3.8) is 0 Å². The van der Waals surface area contributed by atoms with Gasteiger partial charge >= 0.3 is 12.3 Å². The maximum atomic E-state index is 12.9. The van der Waals surface area contributed by atoms with Crippen molar-refractivity contribution < 1.29 is 17.6 Å². The third kappa shape index (κ3) is 1.27. The van der Waals surface area contributed by atoms with Gasteiger partial charge in [-0.3, -0.25) is 0 Å². The molecule has 2 bridgehead atoms. The summed E-state index contributed by atoms with van der Waals surface area (Å²) in [5, 5.41) is 0. The number of alkyl halides is 4. The van der Waals surface area contributed by atoms with E-state index in [2.05, 4.69) is 0 Å². The van der Waals surface area contributed by atoms with Crippen LogP contribution < -0.4 is 0 Å². The first kappa shape index (κ1) is 9.03. The summed E-state index contributed by atoms with van der Waals surface area (Å²) in [6, 6.07) is 0. The SMILES string of the molecule is FC(F)C(F)(F)C1=CC2CCC1C2. The molecule has 0 nitrogen and oxygen atoms in total. The first-order chi connectivity index (χ1) is 6.01. The number of allylic oxidation sites excluding steroid dienone is 2. The summed E-state index contributed by atoms with van der Waals surface area (Å²) in [6.07, 6.45) is -0.0114. The largest absolute Gasteiger partial charge is 0.328 e. The Kier molecular flexibility index (Phi) is 1.89. The summed E-state index contributed by atoms with van der Waals surface area (Å²) in [7, 11) is 0. The normalized spacial score (nSPS) is 32.8. The predicted octanol–water partition coefficient (Wildman–Crippen LogP) is 3.24. The van der Waals surface area contributed by atoms with Gasteiger partial charge in [-0.05, 0) is 31.1 Å². The number of rotatable bonds is 2. The Labute approximate surface area is 73.6 Å². The summed E-state index contributed by atoms with van der Waals surface area (Å²) in [6.45, 7) is 0. The predicted molar refractivity (Wildman–Crippen MR) is 39.9 cm³/mol. The summed E-state index contributed by atoms with van der Waals surface area (Å²) >= 11 is 0. The van der Waals surface area contributed by atoms with Gasteiger partial charge in [0, 0.05) is 5.57 Å². The minimum Gasteiger partial charge on any atom is -0.203 e. The summed E-state index contributed by atoms with van der Waals surface area (Å²) < 4.78 is 49.8. The van der Waals surface area contributed by atoms with Crippen LogP contribution in [0.2, 0.25) is 0 Å². The third-order valence-corrected chi connectivity index (χ3v) is 2.99. The van der Waals surface area contributed by atoms with E-state index < -0.39 is 12.3 Å². The molecule has 0 aromatic rings. The lowest BCUT2D eigenvalue weighted by Gasteiger charge is -2.22. The summed E-state index contributed by atoms with van der Waals surface area (Å²) in [4.78, 5) is 0. The second-order valence-electron chi connectivity index (χ2n) is 3.82.